The molecule has 5 heteroatoms. The molecule has 0 aromatic carbocycles. The molecule has 0 amide bonds. The topological polar surface area (TPSA) is 34.1 Å². The summed E-state index contributed by atoms with van der Waals surface area (Å²) in [4.78, 5) is 6.46. The van der Waals surface area contributed by atoms with Crippen LogP contribution in [-0.4, -0.2) is 48.6 Å². The van der Waals surface area contributed by atoms with Crippen LogP contribution in [0, 0.1) is 0 Å². The second kappa shape index (κ2) is 3.47. The number of likely N-dealkylation sites (N-methyl/N-ethyl adjacent to an activating group) is 1. The molecule has 0 saturated carbocycles. The summed E-state index contributed by atoms with van der Waals surface area (Å²) in [6.07, 6.45) is 1.86. The van der Waals surface area contributed by atoms with Gasteiger partial charge in [0.05, 0.1) is 29.5 Å². The largest absolute Gasteiger partial charge is 0.484 e. The molecule has 2 aliphatic heterocycles. The van der Waals surface area contributed by atoms with E-state index in [0.717, 1.165) is 0 Å². The maximum atomic E-state index is 6.04. The Morgan fingerprint density at radius 1 is 1.19 bits per heavy atom. The average Bonchev–Trinajstić information content (AvgIpc) is 2.52. The van der Waals surface area contributed by atoms with Gasteiger partial charge in [-0.2, -0.15) is 0 Å². The van der Waals surface area contributed by atoms with Crippen molar-refractivity contribution in [3.63, 3.8) is 0 Å². The molecule has 0 spiro atoms. The molecule has 2 heterocycles. The predicted octanol–water partition coefficient (Wildman–Crippen LogP) is 1.35. The van der Waals surface area contributed by atoms with Crippen LogP contribution >= 0.6 is 0 Å². The van der Waals surface area contributed by atoms with E-state index in [9.17, 15) is 0 Å². The van der Waals surface area contributed by atoms with Crippen molar-refractivity contribution < 1.29 is 9.31 Å². The first kappa shape index (κ1) is 11.9. The zero-order valence-electron chi connectivity index (χ0n) is 11.0. The first-order chi connectivity index (χ1) is 7.24. The van der Waals surface area contributed by atoms with Gasteiger partial charge < -0.3 is 14.2 Å². The average molecular weight is 224 g/mol. The van der Waals surface area contributed by atoms with E-state index in [2.05, 4.69) is 44.5 Å². The lowest BCUT2D eigenvalue weighted by Gasteiger charge is -2.32. The van der Waals surface area contributed by atoms with Crippen molar-refractivity contribution in [2.24, 2.45) is 4.99 Å². The standard InChI is InChI=1S/C11H21BN2O2/c1-8-9(14(6)7-13-8)12-15-10(2,3)11(4,5)16-12/h7-9H,1-6H3. The summed E-state index contributed by atoms with van der Waals surface area (Å²) in [6.45, 7) is 10.4. The van der Waals surface area contributed by atoms with Gasteiger partial charge in [0, 0.05) is 7.05 Å². The van der Waals surface area contributed by atoms with Gasteiger partial charge in [0.2, 0.25) is 0 Å². The Hall–Kier alpha value is -0.545. The highest BCUT2D eigenvalue weighted by Gasteiger charge is 2.56. The van der Waals surface area contributed by atoms with E-state index in [4.69, 9.17) is 9.31 Å². The van der Waals surface area contributed by atoms with Gasteiger partial charge in [-0.15, -0.1) is 0 Å². The van der Waals surface area contributed by atoms with Crippen LogP contribution < -0.4 is 0 Å². The molecule has 1 saturated heterocycles. The highest BCUT2D eigenvalue weighted by Crippen LogP contribution is 2.39. The molecule has 0 N–H and O–H groups in total. The summed E-state index contributed by atoms with van der Waals surface area (Å²) in [6, 6.07) is 0.222. The zero-order chi connectivity index (χ0) is 12.1. The summed E-state index contributed by atoms with van der Waals surface area (Å²) >= 11 is 0. The van der Waals surface area contributed by atoms with E-state index in [0.29, 0.717) is 0 Å². The van der Waals surface area contributed by atoms with Crippen molar-refractivity contribution in [1.29, 1.82) is 0 Å². The van der Waals surface area contributed by atoms with Gasteiger partial charge in [0.15, 0.2) is 0 Å². The Balaban J connectivity index is 2.15. The maximum absolute atomic E-state index is 6.04. The van der Waals surface area contributed by atoms with Gasteiger partial charge in [0.1, 0.15) is 0 Å². The molecule has 0 bridgehead atoms. The van der Waals surface area contributed by atoms with Gasteiger partial charge in [-0.3, -0.25) is 4.99 Å². The second-order valence-electron chi connectivity index (χ2n) is 5.79. The number of hydrogen-bond acceptors (Lipinski definition) is 4. The number of aliphatic imine (C=N–C) groups is 1. The Morgan fingerprint density at radius 3 is 2.06 bits per heavy atom. The van der Waals surface area contributed by atoms with E-state index in [1.54, 1.807) is 0 Å². The monoisotopic (exact) mass is 224 g/mol. The van der Waals surface area contributed by atoms with Crippen LogP contribution in [-0.2, 0) is 9.31 Å². The zero-order valence-corrected chi connectivity index (χ0v) is 11.0. The van der Waals surface area contributed by atoms with Gasteiger partial charge in [-0.1, -0.05) is 0 Å². The van der Waals surface area contributed by atoms with Crippen LogP contribution in [0.5, 0.6) is 0 Å². The first-order valence-corrected chi connectivity index (χ1v) is 5.85. The molecule has 4 nitrogen and oxygen atoms in total. The van der Waals surface area contributed by atoms with Crippen molar-refractivity contribution >= 4 is 13.5 Å². The van der Waals surface area contributed by atoms with Crippen molar-refractivity contribution in [2.45, 2.75) is 57.8 Å². The van der Waals surface area contributed by atoms with Crippen LogP contribution in [0.1, 0.15) is 34.6 Å². The first-order valence-electron chi connectivity index (χ1n) is 5.85. The van der Waals surface area contributed by atoms with E-state index < -0.39 is 0 Å². The van der Waals surface area contributed by atoms with Gasteiger partial charge in [-0.05, 0) is 34.6 Å². The fourth-order valence-corrected chi connectivity index (χ4v) is 2.16. The van der Waals surface area contributed by atoms with Gasteiger partial charge in [-0.25, -0.2) is 0 Å². The molecule has 2 rings (SSSR count). The number of hydrogen-bond donors (Lipinski definition) is 0. The van der Waals surface area contributed by atoms with Crippen LogP contribution in [0.25, 0.3) is 0 Å². The quantitative estimate of drug-likeness (QED) is 0.630. The van der Waals surface area contributed by atoms with Crippen LogP contribution in [0.2, 0.25) is 0 Å². The molecule has 2 atom stereocenters. The molecule has 2 unspecified atom stereocenters. The smallest absolute Gasteiger partial charge is 0.402 e. The Labute approximate surface area is 98.2 Å². The lowest BCUT2D eigenvalue weighted by Crippen LogP contribution is -2.48. The maximum Gasteiger partial charge on any atom is 0.484 e. The number of rotatable bonds is 1. The Bertz CT molecular complexity index is 289. The van der Waals surface area contributed by atoms with E-state index in [1.165, 1.54) is 0 Å². The normalized spacial score (nSPS) is 36.1. The van der Waals surface area contributed by atoms with Crippen molar-refractivity contribution in [2.75, 3.05) is 7.05 Å². The van der Waals surface area contributed by atoms with E-state index in [-0.39, 0.29) is 30.3 Å². The predicted molar refractivity (Wildman–Crippen MR) is 65.6 cm³/mol. The van der Waals surface area contributed by atoms with Crippen molar-refractivity contribution in [1.82, 2.24) is 4.90 Å². The minimum absolute atomic E-state index is 0.182. The third kappa shape index (κ3) is 1.66. The van der Waals surface area contributed by atoms with Crippen LogP contribution in [0.4, 0.5) is 0 Å². The third-order valence-corrected chi connectivity index (χ3v) is 4.00. The minimum atomic E-state index is -0.263. The molecular weight excluding hydrogens is 203 g/mol. The minimum Gasteiger partial charge on any atom is -0.402 e. The fourth-order valence-electron chi connectivity index (χ4n) is 2.16. The number of nitrogens with zero attached hydrogens (tertiary/aromatic N) is 2. The van der Waals surface area contributed by atoms with Crippen LogP contribution in [0.15, 0.2) is 4.99 Å². The fraction of sp³-hybridized carbons (Fsp3) is 0.909. The lowest BCUT2D eigenvalue weighted by atomic mass is 9.74. The molecule has 1 fully saturated rings. The highest BCUT2D eigenvalue weighted by atomic mass is 16.7. The highest BCUT2D eigenvalue weighted by molar-refractivity contribution is 6.48. The lowest BCUT2D eigenvalue weighted by molar-refractivity contribution is 0.00578. The van der Waals surface area contributed by atoms with Gasteiger partial charge in [0.25, 0.3) is 0 Å². The molecule has 2 aliphatic rings. The van der Waals surface area contributed by atoms with E-state index in [1.807, 2.05) is 13.4 Å². The summed E-state index contributed by atoms with van der Waals surface area (Å²) in [5, 5.41) is 0. The molecule has 0 aromatic rings. The second-order valence-corrected chi connectivity index (χ2v) is 5.79. The van der Waals surface area contributed by atoms with Crippen LogP contribution in [0.3, 0.4) is 0 Å². The molecular formula is C11H21BN2O2. The summed E-state index contributed by atoms with van der Waals surface area (Å²) < 4.78 is 12.1. The Morgan fingerprint density at radius 2 is 1.69 bits per heavy atom. The third-order valence-electron chi connectivity index (χ3n) is 4.00. The van der Waals surface area contributed by atoms with Crippen molar-refractivity contribution in [3.05, 3.63) is 0 Å². The van der Waals surface area contributed by atoms with Gasteiger partial charge >= 0.3 is 7.12 Å². The SMILES string of the molecule is CC1N=CN(C)C1B1OC(C)(C)C(C)(C)O1. The molecule has 16 heavy (non-hydrogen) atoms. The summed E-state index contributed by atoms with van der Waals surface area (Å²) in [5.74, 6) is 0.182. The summed E-state index contributed by atoms with van der Waals surface area (Å²) in [7, 11) is 1.82. The molecule has 90 valence electrons. The van der Waals surface area contributed by atoms with Crippen molar-refractivity contribution in [3.8, 4) is 0 Å². The Kier molecular flexibility index (Phi) is 2.59. The summed E-state index contributed by atoms with van der Waals surface area (Å²) in [5.41, 5.74) is -0.526. The van der Waals surface area contributed by atoms with E-state index >= 15 is 0 Å². The molecule has 0 aliphatic carbocycles. The molecule has 0 radical (unpaired) electrons. The molecule has 0 aromatic heterocycles.